The van der Waals surface area contributed by atoms with Gasteiger partial charge < -0.3 is 10.0 Å². The number of anilines is 1. The molecule has 1 aliphatic heterocycles. The highest BCUT2D eigenvalue weighted by molar-refractivity contribution is 7.85. The average molecular weight is 239 g/mol. The number of hydrogen-bond donors (Lipinski definition) is 1. The molecule has 0 spiro atoms. The lowest BCUT2D eigenvalue weighted by Crippen LogP contribution is -2.38. The minimum absolute atomic E-state index is 0.455. The number of nitrogens with zero attached hydrogens (tertiary/aromatic N) is 1. The van der Waals surface area contributed by atoms with Gasteiger partial charge in [-0.1, -0.05) is 18.2 Å². The highest BCUT2D eigenvalue weighted by Crippen LogP contribution is 2.26. The van der Waals surface area contributed by atoms with Crippen LogP contribution in [0.1, 0.15) is 18.6 Å². The molecule has 1 saturated heterocycles. The minimum Gasteiger partial charge on any atom is -0.389 e. The Morgan fingerprint density at radius 3 is 2.56 bits per heavy atom. The van der Waals surface area contributed by atoms with Gasteiger partial charge in [-0.15, -0.1) is 0 Å². The Hall–Kier alpha value is -0.870. The van der Waals surface area contributed by atoms with E-state index in [0.29, 0.717) is 0 Å². The topological polar surface area (TPSA) is 40.5 Å². The number of para-hydroxylation sites is 1. The van der Waals surface area contributed by atoms with Crippen LogP contribution < -0.4 is 4.90 Å². The summed E-state index contributed by atoms with van der Waals surface area (Å²) < 4.78 is 11.3. The highest BCUT2D eigenvalue weighted by atomic mass is 32.2. The Bertz CT molecular complexity index is 382. The van der Waals surface area contributed by atoms with Gasteiger partial charge in [0.25, 0.3) is 0 Å². The van der Waals surface area contributed by atoms with Gasteiger partial charge in [0, 0.05) is 46.6 Å². The summed E-state index contributed by atoms with van der Waals surface area (Å²) in [5.41, 5.74) is 2.03. The monoisotopic (exact) mass is 239 g/mol. The summed E-state index contributed by atoms with van der Waals surface area (Å²) in [5.74, 6) is 1.46. The molecule has 1 N–H and O–H groups in total. The second kappa shape index (κ2) is 4.97. The molecule has 0 unspecified atom stereocenters. The Kier molecular flexibility index (Phi) is 3.61. The molecule has 1 aliphatic rings. The van der Waals surface area contributed by atoms with E-state index in [1.807, 2.05) is 24.3 Å². The van der Waals surface area contributed by atoms with Crippen molar-refractivity contribution in [3.05, 3.63) is 29.8 Å². The molecule has 0 aliphatic carbocycles. The van der Waals surface area contributed by atoms with Crippen molar-refractivity contribution in [2.24, 2.45) is 0 Å². The largest absolute Gasteiger partial charge is 0.389 e. The van der Waals surface area contributed by atoms with Crippen molar-refractivity contribution in [2.45, 2.75) is 13.0 Å². The summed E-state index contributed by atoms with van der Waals surface area (Å²) in [6.07, 6.45) is -0.455. The molecule has 0 bridgehead atoms. The van der Waals surface area contributed by atoms with Crippen LogP contribution in [0.5, 0.6) is 0 Å². The predicted molar refractivity (Wildman–Crippen MR) is 67.2 cm³/mol. The van der Waals surface area contributed by atoms with Gasteiger partial charge in [0.05, 0.1) is 6.10 Å². The van der Waals surface area contributed by atoms with Crippen molar-refractivity contribution in [2.75, 3.05) is 29.5 Å². The fraction of sp³-hybridized carbons (Fsp3) is 0.500. The SMILES string of the molecule is C[C@@H](O)c1ccccc1N1CCS(=O)CC1. The standard InChI is InChI=1S/C12H17NO2S/c1-10(14)11-4-2-3-5-12(11)13-6-8-16(15)9-7-13/h2-5,10,14H,6-9H2,1H3/t10-/m1/s1. The molecule has 0 saturated carbocycles. The zero-order chi connectivity index (χ0) is 11.5. The summed E-state index contributed by atoms with van der Waals surface area (Å²) in [4.78, 5) is 2.21. The zero-order valence-electron chi connectivity index (χ0n) is 9.43. The van der Waals surface area contributed by atoms with Gasteiger partial charge in [0.2, 0.25) is 0 Å². The lowest BCUT2D eigenvalue weighted by molar-refractivity contribution is 0.199. The molecule has 88 valence electrons. The van der Waals surface area contributed by atoms with E-state index in [9.17, 15) is 9.32 Å². The van der Waals surface area contributed by atoms with Crippen molar-refractivity contribution in [1.82, 2.24) is 0 Å². The molecule has 0 amide bonds. The maximum Gasteiger partial charge on any atom is 0.0781 e. The van der Waals surface area contributed by atoms with Crippen molar-refractivity contribution < 1.29 is 9.32 Å². The third kappa shape index (κ3) is 2.44. The normalized spacial score (nSPS) is 19.8. The Morgan fingerprint density at radius 2 is 1.94 bits per heavy atom. The van der Waals surface area contributed by atoms with Crippen LogP contribution in [0.3, 0.4) is 0 Å². The summed E-state index contributed by atoms with van der Waals surface area (Å²) in [5, 5.41) is 9.70. The van der Waals surface area contributed by atoms with Crippen LogP contribution >= 0.6 is 0 Å². The Balaban J connectivity index is 2.23. The van der Waals surface area contributed by atoms with Gasteiger partial charge in [0.15, 0.2) is 0 Å². The number of aliphatic hydroxyl groups is 1. The van der Waals surface area contributed by atoms with E-state index in [0.717, 1.165) is 35.8 Å². The zero-order valence-corrected chi connectivity index (χ0v) is 10.2. The van der Waals surface area contributed by atoms with E-state index in [4.69, 9.17) is 0 Å². The van der Waals surface area contributed by atoms with E-state index in [1.165, 1.54) is 0 Å². The maximum absolute atomic E-state index is 11.3. The first-order valence-electron chi connectivity index (χ1n) is 5.55. The van der Waals surface area contributed by atoms with Crippen LogP contribution in [0.15, 0.2) is 24.3 Å². The second-order valence-corrected chi connectivity index (χ2v) is 5.77. The van der Waals surface area contributed by atoms with Crippen molar-refractivity contribution in [3.8, 4) is 0 Å². The molecule has 0 radical (unpaired) electrons. The van der Waals surface area contributed by atoms with Gasteiger partial charge in [-0.25, -0.2) is 0 Å². The van der Waals surface area contributed by atoms with E-state index in [-0.39, 0.29) is 0 Å². The van der Waals surface area contributed by atoms with E-state index >= 15 is 0 Å². The quantitative estimate of drug-likeness (QED) is 0.846. The molecule has 1 aromatic carbocycles. The fourth-order valence-electron chi connectivity index (χ4n) is 2.01. The molecule has 1 aromatic rings. The highest BCUT2D eigenvalue weighted by Gasteiger charge is 2.18. The molecule has 3 nitrogen and oxygen atoms in total. The summed E-state index contributed by atoms with van der Waals surface area (Å²) in [7, 11) is -0.656. The molecule has 2 rings (SSSR count). The molecule has 1 heterocycles. The average Bonchev–Trinajstić information content (AvgIpc) is 2.30. The first-order valence-corrected chi connectivity index (χ1v) is 7.04. The number of rotatable bonds is 2. The van der Waals surface area contributed by atoms with Crippen LogP contribution in [0.2, 0.25) is 0 Å². The van der Waals surface area contributed by atoms with E-state index < -0.39 is 16.9 Å². The van der Waals surface area contributed by atoms with Crippen molar-refractivity contribution in [3.63, 3.8) is 0 Å². The fourth-order valence-corrected chi connectivity index (χ4v) is 3.06. The molecular formula is C12H17NO2S. The minimum atomic E-state index is -0.656. The maximum atomic E-state index is 11.3. The lowest BCUT2D eigenvalue weighted by atomic mass is 10.1. The Morgan fingerprint density at radius 1 is 1.31 bits per heavy atom. The third-order valence-corrected chi connectivity index (χ3v) is 4.18. The van der Waals surface area contributed by atoms with Crippen LogP contribution in [0.4, 0.5) is 5.69 Å². The van der Waals surface area contributed by atoms with Crippen LogP contribution in [-0.4, -0.2) is 33.9 Å². The summed E-state index contributed by atoms with van der Waals surface area (Å²) in [6, 6.07) is 7.89. The van der Waals surface area contributed by atoms with Gasteiger partial charge in [-0.2, -0.15) is 0 Å². The van der Waals surface area contributed by atoms with Gasteiger partial charge in [-0.05, 0) is 13.0 Å². The molecule has 16 heavy (non-hydrogen) atoms. The summed E-state index contributed by atoms with van der Waals surface area (Å²) >= 11 is 0. The van der Waals surface area contributed by atoms with Crippen molar-refractivity contribution >= 4 is 16.5 Å². The summed E-state index contributed by atoms with van der Waals surface area (Å²) in [6.45, 7) is 3.41. The van der Waals surface area contributed by atoms with E-state index in [1.54, 1.807) is 6.92 Å². The molecule has 1 fully saturated rings. The smallest absolute Gasteiger partial charge is 0.0781 e. The first kappa shape index (κ1) is 11.6. The molecule has 4 heteroatoms. The van der Waals surface area contributed by atoms with Crippen LogP contribution in [0.25, 0.3) is 0 Å². The Labute approximate surface area is 98.5 Å². The van der Waals surface area contributed by atoms with Crippen LogP contribution in [0, 0.1) is 0 Å². The van der Waals surface area contributed by atoms with Gasteiger partial charge in [0.1, 0.15) is 0 Å². The van der Waals surface area contributed by atoms with Gasteiger partial charge in [-0.3, -0.25) is 4.21 Å². The predicted octanol–water partition coefficient (Wildman–Crippen LogP) is 1.31. The van der Waals surface area contributed by atoms with Crippen LogP contribution in [-0.2, 0) is 10.8 Å². The van der Waals surface area contributed by atoms with Crippen molar-refractivity contribution in [1.29, 1.82) is 0 Å². The number of aliphatic hydroxyl groups excluding tert-OH is 1. The molecule has 0 aromatic heterocycles. The first-order chi connectivity index (χ1) is 7.68. The number of hydrogen-bond acceptors (Lipinski definition) is 3. The number of benzene rings is 1. The lowest BCUT2D eigenvalue weighted by Gasteiger charge is -2.30. The second-order valence-electron chi connectivity index (χ2n) is 4.07. The molecule has 1 atom stereocenters. The molecular weight excluding hydrogens is 222 g/mol. The third-order valence-electron chi connectivity index (χ3n) is 2.91. The van der Waals surface area contributed by atoms with E-state index in [2.05, 4.69) is 4.90 Å². The van der Waals surface area contributed by atoms with Gasteiger partial charge >= 0.3 is 0 Å².